The Balaban J connectivity index is 1.28. The Morgan fingerprint density at radius 1 is 0.388 bits per heavy atom. The molecule has 11 rings (SSSR count). The first kappa shape index (κ1) is 26.7. The van der Waals surface area contributed by atoms with E-state index in [0.717, 1.165) is 39.0 Å². The van der Waals surface area contributed by atoms with Crippen molar-refractivity contribution in [2.24, 2.45) is 0 Å². The number of rotatable bonds is 3. The molecule has 0 unspecified atom stereocenters. The third kappa shape index (κ3) is 3.40. The fourth-order valence-corrected chi connectivity index (χ4v) is 9.05. The maximum Gasteiger partial charge on any atom is 0.137 e. The zero-order valence-corrected chi connectivity index (χ0v) is 26.6. The van der Waals surface area contributed by atoms with Gasteiger partial charge in [-0.3, -0.25) is 0 Å². The first-order valence-corrected chi connectivity index (χ1v) is 16.9. The predicted molar refractivity (Wildman–Crippen MR) is 202 cm³/mol. The van der Waals surface area contributed by atoms with E-state index < -0.39 is 5.41 Å². The molecule has 0 N–H and O–H groups in total. The van der Waals surface area contributed by atoms with Crippen LogP contribution in [0.15, 0.2) is 180 Å². The number of benzene rings is 8. The van der Waals surface area contributed by atoms with Gasteiger partial charge in [0, 0.05) is 16.6 Å². The van der Waals surface area contributed by atoms with Crippen molar-refractivity contribution in [1.82, 2.24) is 0 Å². The number of nitrogens with zero attached hydrogens (tertiary/aromatic N) is 1. The van der Waals surface area contributed by atoms with Gasteiger partial charge in [0.25, 0.3) is 0 Å². The second kappa shape index (κ2) is 9.82. The fraction of sp³-hybridized carbons (Fsp3) is 0.0213. The van der Waals surface area contributed by atoms with Crippen molar-refractivity contribution in [3.05, 3.63) is 198 Å². The van der Waals surface area contributed by atoms with Gasteiger partial charge < -0.3 is 9.32 Å². The van der Waals surface area contributed by atoms with Gasteiger partial charge in [-0.05, 0) is 86.1 Å². The minimum atomic E-state index is -0.415. The Kier molecular flexibility index (Phi) is 5.34. The molecule has 9 aromatic rings. The molecule has 2 aliphatic rings. The molecule has 49 heavy (non-hydrogen) atoms. The summed E-state index contributed by atoms with van der Waals surface area (Å²) in [4.78, 5) is 2.46. The lowest BCUT2D eigenvalue weighted by Gasteiger charge is -2.32. The number of hydrogen-bond acceptors (Lipinski definition) is 2. The van der Waals surface area contributed by atoms with Crippen molar-refractivity contribution >= 4 is 49.8 Å². The van der Waals surface area contributed by atoms with Crippen LogP contribution in [0, 0.1) is 0 Å². The molecule has 0 saturated heterocycles. The zero-order valence-electron chi connectivity index (χ0n) is 26.6. The van der Waals surface area contributed by atoms with Gasteiger partial charge in [-0.1, -0.05) is 140 Å². The smallest absolute Gasteiger partial charge is 0.137 e. The first-order valence-electron chi connectivity index (χ1n) is 16.9. The van der Waals surface area contributed by atoms with Gasteiger partial charge >= 0.3 is 0 Å². The molecule has 1 spiro atoms. The minimum Gasteiger partial charge on any atom is -0.456 e. The lowest BCUT2D eigenvalue weighted by atomic mass is 9.70. The molecule has 228 valence electrons. The molecule has 2 nitrogen and oxygen atoms in total. The number of furan rings is 1. The van der Waals surface area contributed by atoms with Crippen LogP contribution in [-0.4, -0.2) is 0 Å². The summed E-state index contributed by atoms with van der Waals surface area (Å²) in [5.41, 5.74) is 15.2. The van der Waals surface area contributed by atoms with E-state index in [2.05, 4.69) is 181 Å². The number of fused-ring (bicyclic) bond motifs is 15. The summed E-state index contributed by atoms with van der Waals surface area (Å²) in [6.45, 7) is 0. The Labute approximate surface area is 284 Å². The largest absolute Gasteiger partial charge is 0.456 e. The quantitative estimate of drug-likeness (QED) is 0.195. The molecule has 0 atom stereocenters. The predicted octanol–water partition coefficient (Wildman–Crippen LogP) is 12.6. The van der Waals surface area contributed by atoms with Crippen molar-refractivity contribution in [2.45, 2.75) is 5.41 Å². The molecule has 2 aliphatic carbocycles. The minimum absolute atomic E-state index is 0.415. The second-order valence-corrected chi connectivity index (χ2v) is 13.2. The first-order chi connectivity index (χ1) is 24.3. The number of para-hydroxylation sites is 1. The number of hydrogen-bond donors (Lipinski definition) is 0. The van der Waals surface area contributed by atoms with Crippen LogP contribution in [0.2, 0.25) is 0 Å². The maximum atomic E-state index is 6.60. The van der Waals surface area contributed by atoms with Crippen molar-refractivity contribution in [1.29, 1.82) is 0 Å². The summed E-state index contributed by atoms with van der Waals surface area (Å²) in [5.74, 6) is 0. The third-order valence-electron chi connectivity index (χ3n) is 10.9. The van der Waals surface area contributed by atoms with Crippen LogP contribution in [-0.2, 0) is 5.41 Å². The van der Waals surface area contributed by atoms with Gasteiger partial charge in [0.2, 0.25) is 0 Å². The summed E-state index contributed by atoms with van der Waals surface area (Å²) >= 11 is 0. The van der Waals surface area contributed by atoms with Crippen molar-refractivity contribution in [3.63, 3.8) is 0 Å². The Hall–Kier alpha value is -6.38. The highest BCUT2D eigenvalue weighted by molar-refractivity contribution is 6.23. The summed E-state index contributed by atoms with van der Waals surface area (Å²) < 4.78 is 6.60. The summed E-state index contributed by atoms with van der Waals surface area (Å²) in [5, 5.41) is 4.66. The molecule has 1 heterocycles. The molecule has 0 aliphatic heterocycles. The van der Waals surface area contributed by atoms with E-state index in [-0.39, 0.29) is 0 Å². The van der Waals surface area contributed by atoms with Crippen LogP contribution in [0.3, 0.4) is 0 Å². The van der Waals surface area contributed by atoms with Gasteiger partial charge in [-0.25, -0.2) is 0 Å². The number of anilines is 3. The Bertz CT molecular complexity index is 2740. The average Bonchev–Trinajstić information content (AvgIpc) is 3.81. The molecule has 0 amide bonds. The van der Waals surface area contributed by atoms with Gasteiger partial charge in [-0.2, -0.15) is 0 Å². The summed E-state index contributed by atoms with van der Waals surface area (Å²) in [6, 6.07) is 64.1. The average molecular weight is 624 g/mol. The molecule has 0 bridgehead atoms. The highest BCUT2D eigenvalue weighted by atomic mass is 16.3. The molecule has 0 radical (unpaired) electrons. The zero-order chi connectivity index (χ0) is 32.1. The van der Waals surface area contributed by atoms with Gasteiger partial charge in [0.15, 0.2) is 0 Å². The normalized spacial score (nSPS) is 13.5. The highest BCUT2D eigenvalue weighted by Gasteiger charge is 2.52. The molecule has 8 aromatic carbocycles. The molecule has 0 fully saturated rings. The van der Waals surface area contributed by atoms with Crippen LogP contribution in [0.4, 0.5) is 17.1 Å². The lowest BCUT2D eigenvalue weighted by Crippen LogP contribution is -2.26. The maximum absolute atomic E-state index is 6.60. The second-order valence-electron chi connectivity index (χ2n) is 13.2. The monoisotopic (exact) mass is 623 g/mol. The van der Waals surface area contributed by atoms with E-state index in [0.29, 0.717) is 0 Å². The standard InChI is InChI=1S/C47H29NO/c1-2-15-31(16-3-1)48(41-26-13-27-42-46(41)45-32-17-5-4-14-30(32)28-29-43(45)49-42)40-25-12-24-39-44(40)35-20-8-11-23-38(35)47(39)36-21-9-6-18-33(36)34-19-7-10-22-37(34)47/h1-29H. The van der Waals surface area contributed by atoms with Gasteiger partial charge in [0.1, 0.15) is 11.2 Å². The molecule has 1 aromatic heterocycles. The van der Waals surface area contributed by atoms with E-state index >= 15 is 0 Å². The van der Waals surface area contributed by atoms with Crippen LogP contribution in [0.1, 0.15) is 22.3 Å². The highest BCUT2D eigenvalue weighted by Crippen LogP contribution is 2.64. The third-order valence-corrected chi connectivity index (χ3v) is 10.9. The van der Waals surface area contributed by atoms with Crippen molar-refractivity contribution in [2.75, 3.05) is 4.90 Å². The topological polar surface area (TPSA) is 16.4 Å². The van der Waals surface area contributed by atoms with E-state index in [1.54, 1.807) is 0 Å². The van der Waals surface area contributed by atoms with Crippen LogP contribution in [0.25, 0.3) is 55.0 Å². The van der Waals surface area contributed by atoms with Gasteiger partial charge in [-0.15, -0.1) is 0 Å². The SMILES string of the molecule is c1ccc(N(c2cccc3c2-c2ccccc2C32c3ccccc3-c3ccccc32)c2cccc3oc4ccc5ccccc5c4c23)cc1. The molecular weight excluding hydrogens is 595 g/mol. The van der Waals surface area contributed by atoms with E-state index in [1.165, 1.54) is 55.3 Å². The van der Waals surface area contributed by atoms with E-state index in [4.69, 9.17) is 4.42 Å². The van der Waals surface area contributed by atoms with E-state index in [9.17, 15) is 0 Å². The van der Waals surface area contributed by atoms with Crippen molar-refractivity contribution < 1.29 is 4.42 Å². The lowest BCUT2D eigenvalue weighted by molar-refractivity contribution is 0.669. The Morgan fingerprint density at radius 3 is 1.73 bits per heavy atom. The van der Waals surface area contributed by atoms with Crippen molar-refractivity contribution in [3.8, 4) is 22.3 Å². The molecular formula is C47H29NO. The Morgan fingerprint density at radius 2 is 0.959 bits per heavy atom. The summed E-state index contributed by atoms with van der Waals surface area (Å²) in [7, 11) is 0. The van der Waals surface area contributed by atoms with Crippen LogP contribution < -0.4 is 4.90 Å². The summed E-state index contributed by atoms with van der Waals surface area (Å²) in [6.07, 6.45) is 0. The fourth-order valence-electron chi connectivity index (χ4n) is 9.05. The molecule has 2 heteroatoms. The van der Waals surface area contributed by atoms with Gasteiger partial charge in [0.05, 0.1) is 22.2 Å². The molecule has 0 saturated carbocycles. The van der Waals surface area contributed by atoms with Crippen LogP contribution >= 0.6 is 0 Å². The van der Waals surface area contributed by atoms with Crippen LogP contribution in [0.5, 0.6) is 0 Å². The van der Waals surface area contributed by atoms with E-state index in [1.807, 2.05) is 0 Å².